The van der Waals surface area contributed by atoms with Gasteiger partial charge in [-0.05, 0) is 35.6 Å². The minimum atomic E-state index is 1.14. The van der Waals surface area contributed by atoms with Crippen LogP contribution in [-0.2, 0) is 0 Å². The number of pyridine rings is 1. The molecule has 0 saturated carbocycles. The number of hydrogen-bond acceptors (Lipinski definition) is 2. The van der Waals surface area contributed by atoms with E-state index in [9.17, 15) is 0 Å². The Morgan fingerprint density at radius 1 is 1.29 bits per heavy atom. The van der Waals surface area contributed by atoms with Crippen LogP contribution in [0.4, 0.5) is 0 Å². The Kier molecular flexibility index (Phi) is 2.75. The van der Waals surface area contributed by atoms with E-state index in [1.807, 2.05) is 18.3 Å². The molecule has 14 heavy (non-hydrogen) atoms. The minimum absolute atomic E-state index is 1.14. The van der Waals surface area contributed by atoms with Gasteiger partial charge in [-0.25, -0.2) is 0 Å². The van der Waals surface area contributed by atoms with Gasteiger partial charge in [-0.1, -0.05) is 18.2 Å². The Balaban J connectivity index is 2.15. The lowest BCUT2D eigenvalue weighted by Crippen LogP contribution is -1.72. The second-order valence-corrected chi connectivity index (χ2v) is 4.23. The molecule has 0 aliphatic heterocycles. The van der Waals surface area contributed by atoms with Crippen LogP contribution in [0.15, 0.2) is 36.0 Å². The molecule has 0 aromatic carbocycles. The van der Waals surface area contributed by atoms with Crippen LogP contribution in [0, 0.1) is 6.92 Å². The largest absolute Gasteiger partial charge is 0.264 e. The summed E-state index contributed by atoms with van der Waals surface area (Å²) in [7, 11) is 0. The van der Waals surface area contributed by atoms with Crippen LogP contribution in [0.3, 0.4) is 0 Å². The van der Waals surface area contributed by atoms with Crippen LogP contribution in [0.5, 0.6) is 0 Å². The van der Waals surface area contributed by atoms with Crippen molar-refractivity contribution in [3.8, 4) is 0 Å². The molecule has 0 spiro atoms. The van der Waals surface area contributed by atoms with Crippen LogP contribution >= 0.6 is 11.3 Å². The number of thiophene rings is 1. The standard InChI is InChI=1S/C12H11NS/c1-10-7-12(9-14-10)5-4-11-3-2-6-13-8-11/h2-9H,1H3/b5-4+. The Morgan fingerprint density at radius 2 is 2.14 bits per heavy atom. The van der Waals surface area contributed by atoms with Gasteiger partial charge in [-0.2, -0.15) is 0 Å². The first kappa shape index (κ1) is 9.16. The van der Waals surface area contributed by atoms with Gasteiger partial charge < -0.3 is 0 Å². The molecule has 0 saturated heterocycles. The third-order valence-electron chi connectivity index (χ3n) is 1.90. The van der Waals surface area contributed by atoms with Crippen molar-refractivity contribution in [2.75, 3.05) is 0 Å². The summed E-state index contributed by atoms with van der Waals surface area (Å²) < 4.78 is 0. The van der Waals surface area contributed by atoms with Gasteiger partial charge in [-0.15, -0.1) is 11.3 Å². The summed E-state index contributed by atoms with van der Waals surface area (Å²) >= 11 is 1.77. The predicted molar refractivity (Wildman–Crippen MR) is 62.2 cm³/mol. The zero-order chi connectivity index (χ0) is 9.80. The van der Waals surface area contributed by atoms with Crippen molar-refractivity contribution >= 4 is 23.5 Å². The number of aromatic nitrogens is 1. The fourth-order valence-corrected chi connectivity index (χ4v) is 1.89. The Labute approximate surface area is 87.8 Å². The van der Waals surface area contributed by atoms with Crippen molar-refractivity contribution in [2.45, 2.75) is 6.92 Å². The third-order valence-corrected chi connectivity index (χ3v) is 2.78. The number of aryl methyl sites for hydroxylation is 1. The van der Waals surface area contributed by atoms with E-state index in [1.54, 1.807) is 17.5 Å². The maximum Gasteiger partial charge on any atom is 0.0340 e. The van der Waals surface area contributed by atoms with Gasteiger partial charge in [0.25, 0.3) is 0 Å². The molecule has 0 bridgehead atoms. The molecule has 0 atom stereocenters. The second kappa shape index (κ2) is 4.20. The smallest absolute Gasteiger partial charge is 0.0340 e. The highest BCUT2D eigenvalue weighted by atomic mass is 32.1. The first-order valence-corrected chi connectivity index (χ1v) is 5.36. The van der Waals surface area contributed by atoms with Crippen LogP contribution in [-0.4, -0.2) is 4.98 Å². The van der Waals surface area contributed by atoms with Gasteiger partial charge in [0, 0.05) is 17.3 Å². The van der Waals surface area contributed by atoms with E-state index in [4.69, 9.17) is 0 Å². The number of rotatable bonds is 2. The van der Waals surface area contributed by atoms with E-state index in [0.717, 1.165) is 5.56 Å². The molecule has 0 fully saturated rings. The van der Waals surface area contributed by atoms with Crippen LogP contribution in [0.2, 0.25) is 0 Å². The van der Waals surface area contributed by atoms with Crippen molar-refractivity contribution in [3.63, 3.8) is 0 Å². The summed E-state index contributed by atoms with van der Waals surface area (Å²) in [6, 6.07) is 6.17. The lowest BCUT2D eigenvalue weighted by molar-refractivity contribution is 1.32. The highest BCUT2D eigenvalue weighted by Gasteiger charge is 1.90. The molecule has 2 aromatic rings. The van der Waals surface area contributed by atoms with Gasteiger partial charge in [-0.3, -0.25) is 4.98 Å². The maximum atomic E-state index is 4.05. The molecule has 2 heteroatoms. The van der Waals surface area contributed by atoms with Crippen molar-refractivity contribution in [2.24, 2.45) is 0 Å². The molecule has 0 aliphatic rings. The fourth-order valence-electron chi connectivity index (χ4n) is 1.22. The van der Waals surface area contributed by atoms with Gasteiger partial charge in [0.2, 0.25) is 0 Å². The molecule has 2 aromatic heterocycles. The molecule has 0 radical (unpaired) electrons. The van der Waals surface area contributed by atoms with E-state index in [0.29, 0.717) is 0 Å². The third kappa shape index (κ3) is 2.30. The fraction of sp³-hybridized carbons (Fsp3) is 0.0833. The van der Waals surface area contributed by atoms with Gasteiger partial charge in [0.05, 0.1) is 0 Å². The average molecular weight is 201 g/mol. The Hall–Kier alpha value is -1.41. The van der Waals surface area contributed by atoms with Gasteiger partial charge in [0.1, 0.15) is 0 Å². The van der Waals surface area contributed by atoms with E-state index in [2.05, 4.69) is 35.5 Å². The van der Waals surface area contributed by atoms with E-state index < -0.39 is 0 Å². The zero-order valence-electron chi connectivity index (χ0n) is 7.97. The van der Waals surface area contributed by atoms with Crippen molar-refractivity contribution in [1.29, 1.82) is 0 Å². The van der Waals surface area contributed by atoms with E-state index in [1.165, 1.54) is 10.4 Å². The van der Waals surface area contributed by atoms with Gasteiger partial charge >= 0.3 is 0 Å². The maximum absolute atomic E-state index is 4.05. The SMILES string of the molecule is Cc1cc(/C=C/c2cccnc2)cs1. The highest BCUT2D eigenvalue weighted by Crippen LogP contribution is 2.15. The lowest BCUT2D eigenvalue weighted by Gasteiger charge is -1.89. The monoisotopic (exact) mass is 201 g/mol. The molecule has 0 unspecified atom stereocenters. The van der Waals surface area contributed by atoms with E-state index >= 15 is 0 Å². The normalized spacial score (nSPS) is 10.9. The topological polar surface area (TPSA) is 12.9 Å². The highest BCUT2D eigenvalue weighted by molar-refractivity contribution is 7.10. The molecule has 2 heterocycles. The molecule has 0 amide bonds. The molecular formula is C12H11NS. The summed E-state index contributed by atoms with van der Waals surface area (Å²) in [6.07, 6.45) is 7.83. The summed E-state index contributed by atoms with van der Waals surface area (Å²) in [6.45, 7) is 2.12. The van der Waals surface area contributed by atoms with E-state index in [-0.39, 0.29) is 0 Å². The molecule has 70 valence electrons. The predicted octanol–water partition coefficient (Wildman–Crippen LogP) is 3.62. The number of nitrogens with zero attached hydrogens (tertiary/aromatic N) is 1. The summed E-state index contributed by atoms with van der Waals surface area (Å²) in [4.78, 5) is 5.40. The lowest BCUT2D eigenvalue weighted by atomic mass is 10.2. The van der Waals surface area contributed by atoms with Gasteiger partial charge in [0.15, 0.2) is 0 Å². The average Bonchev–Trinajstić information content (AvgIpc) is 2.63. The molecule has 0 aliphatic carbocycles. The van der Waals surface area contributed by atoms with Crippen LogP contribution in [0.25, 0.3) is 12.2 Å². The van der Waals surface area contributed by atoms with Crippen LogP contribution < -0.4 is 0 Å². The Morgan fingerprint density at radius 3 is 2.79 bits per heavy atom. The summed E-state index contributed by atoms with van der Waals surface area (Å²) in [5, 5.41) is 2.15. The quantitative estimate of drug-likeness (QED) is 0.723. The van der Waals surface area contributed by atoms with Crippen molar-refractivity contribution in [1.82, 2.24) is 4.98 Å². The molecule has 2 rings (SSSR count). The molecule has 0 N–H and O–H groups in total. The van der Waals surface area contributed by atoms with Crippen LogP contribution in [0.1, 0.15) is 16.0 Å². The molecular weight excluding hydrogens is 190 g/mol. The first-order valence-electron chi connectivity index (χ1n) is 4.48. The minimum Gasteiger partial charge on any atom is -0.264 e. The second-order valence-electron chi connectivity index (χ2n) is 3.11. The van der Waals surface area contributed by atoms with Crippen molar-refractivity contribution < 1.29 is 0 Å². The summed E-state index contributed by atoms with van der Waals surface area (Å²) in [5.74, 6) is 0. The number of hydrogen-bond donors (Lipinski definition) is 0. The zero-order valence-corrected chi connectivity index (χ0v) is 8.79. The summed E-state index contributed by atoms with van der Waals surface area (Å²) in [5.41, 5.74) is 2.40. The Bertz CT molecular complexity index is 429. The van der Waals surface area contributed by atoms with Crippen molar-refractivity contribution in [3.05, 3.63) is 52.0 Å². The molecule has 1 nitrogen and oxygen atoms in total. The first-order chi connectivity index (χ1) is 6.84.